The van der Waals surface area contributed by atoms with Gasteiger partial charge in [-0.05, 0) is 57.0 Å². The first-order valence-corrected chi connectivity index (χ1v) is 6.94. The summed E-state index contributed by atoms with van der Waals surface area (Å²) >= 11 is 0. The molecule has 1 aromatic rings. The lowest BCUT2D eigenvalue weighted by atomic mass is 9.93. The molecule has 0 bridgehead atoms. The monoisotopic (exact) mass is 262 g/mol. The molecule has 0 saturated carbocycles. The zero-order valence-electron chi connectivity index (χ0n) is 11.5. The maximum absolute atomic E-state index is 12.0. The van der Waals surface area contributed by atoms with Gasteiger partial charge in [0.05, 0.1) is 6.26 Å². The molecule has 19 heavy (non-hydrogen) atoms. The SMILES string of the molecule is CNCCC1CCN(C(=O)C=Cc2ccco2)CC1. The second-order valence-electron chi connectivity index (χ2n) is 5.01. The van der Waals surface area contributed by atoms with Crippen molar-refractivity contribution in [3.8, 4) is 0 Å². The second-order valence-corrected chi connectivity index (χ2v) is 5.01. The molecule has 0 unspecified atom stereocenters. The van der Waals surface area contributed by atoms with E-state index in [1.165, 1.54) is 6.42 Å². The third-order valence-electron chi connectivity index (χ3n) is 3.66. The molecule has 1 fully saturated rings. The Morgan fingerprint density at radius 2 is 2.32 bits per heavy atom. The fraction of sp³-hybridized carbons (Fsp3) is 0.533. The molecule has 0 aromatic carbocycles. The molecule has 0 spiro atoms. The highest BCUT2D eigenvalue weighted by Gasteiger charge is 2.20. The summed E-state index contributed by atoms with van der Waals surface area (Å²) in [6.07, 6.45) is 8.38. The van der Waals surface area contributed by atoms with Crippen molar-refractivity contribution in [2.45, 2.75) is 19.3 Å². The first kappa shape index (κ1) is 13.9. The summed E-state index contributed by atoms with van der Waals surface area (Å²) in [6.45, 7) is 2.81. The second kappa shape index (κ2) is 7.14. The fourth-order valence-corrected chi connectivity index (χ4v) is 2.44. The van der Waals surface area contributed by atoms with Gasteiger partial charge in [-0.25, -0.2) is 0 Å². The van der Waals surface area contributed by atoms with Crippen molar-refractivity contribution in [3.63, 3.8) is 0 Å². The normalized spacial score (nSPS) is 17.2. The van der Waals surface area contributed by atoms with Crippen LogP contribution in [0, 0.1) is 5.92 Å². The van der Waals surface area contributed by atoms with Crippen LogP contribution >= 0.6 is 0 Å². The molecule has 1 aliphatic heterocycles. The standard InChI is InChI=1S/C15H22N2O2/c1-16-9-6-13-7-10-17(11-8-13)15(18)5-4-14-3-2-12-19-14/h2-5,12-13,16H,6-11H2,1H3. The molecule has 1 amide bonds. The van der Waals surface area contributed by atoms with Crippen LogP contribution in [0.5, 0.6) is 0 Å². The molecule has 0 radical (unpaired) electrons. The first-order valence-electron chi connectivity index (χ1n) is 6.94. The number of carbonyl (C=O) groups excluding carboxylic acids is 1. The number of nitrogens with one attached hydrogen (secondary N) is 1. The van der Waals surface area contributed by atoms with E-state index in [0.29, 0.717) is 0 Å². The van der Waals surface area contributed by atoms with Gasteiger partial charge in [-0.3, -0.25) is 4.79 Å². The highest BCUT2D eigenvalue weighted by atomic mass is 16.3. The van der Waals surface area contributed by atoms with E-state index in [1.807, 2.05) is 24.1 Å². The molecule has 1 N–H and O–H groups in total. The number of hydrogen-bond donors (Lipinski definition) is 1. The number of nitrogens with zero attached hydrogens (tertiary/aromatic N) is 1. The van der Waals surface area contributed by atoms with E-state index in [4.69, 9.17) is 4.42 Å². The van der Waals surface area contributed by atoms with Gasteiger partial charge >= 0.3 is 0 Å². The molecular formula is C15H22N2O2. The Bertz CT molecular complexity index is 404. The summed E-state index contributed by atoms with van der Waals surface area (Å²) in [5.41, 5.74) is 0. The Labute approximate surface area is 114 Å². The first-order chi connectivity index (χ1) is 9.29. The van der Waals surface area contributed by atoms with E-state index in [9.17, 15) is 4.79 Å². The lowest BCUT2D eigenvalue weighted by molar-refractivity contribution is -0.127. The smallest absolute Gasteiger partial charge is 0.246 e. The molecule has 2 rings (SSSR count). The number of carbonyl (C=O) groups is 1. The van der Waals surface area contributed by atoms with Crippen molar-refractivity contribution < 1.29 is 9.21 Å². The van der Waals surface area contributed by atoms with Crippen LogP contribution in [-0.4, -0.2) is 37.5 Å². The van der Waals surface area contributed by atoms with Gasteiger partial charge in [0.2, 0.25) is 5.91 Å². The molecule has 4 nitrogen and oxygen atoms in total. The van der Waals surface area contributed by atoms with Gasteiger partial charge in [-0.2, -0.15) is 0 Å². The van der Waals surface area contributed by atoms with E-state index in [1.54, 1.807) is 18.4 Å². The van der Waals surface area contributed by atoms with E-state index in [2.05, 4.69) is 5.32 Å². The average Bonchev–Trinajstić information content (AvgIpc) is 2.96. The molecular weight excluding hydrogens is 240 g/mol. The number of likely N-dealkylation sites (tertiary alicyclic amines) is 1. The Morgan fingerprint density at radius 1 is 1.53 bits per heavy atom. The van der Waals surface area contributed by atoms with Crippen molar-refractivity contribution in [1.82, 2.24) is 10.2 Å². The van der Waals surface area contributed by atoms with Crippen LogP contribution in [0.1, 0.15) is 25.0 Å². The molecule has 4 heteroatoms. The summed E-state index contributed by atoms with van der Waals surface area (Å²) < 4.78 is 5.17. The summed E-state index contributed by atoms with van der Waals surface area (Å²) in [5.74, 6) is 1.56. The van der Waals surface area contributed by atoms with Crippen molar-refractivity contribution in [3.05, 3.63) is 30.2 Å². The van der Waals surface area contributed by atoms with E-state index >= 15 is 0 Å². The highest BCUT2D eigenvalue weighted by Crippen LogP contribution is 2.20. The van der Waals surface area contributed by atoms with Gasteiger partial charge < -0.3 is 14.6 Å². The van der Waals surface area contributed by atoms with E-state index < -0.39 is 0 Å². The lowest BCUT2D eigenvalue weighted by Crippen LogP contribution is -2.38. The number of hydrogen-bond acceptors (Lipinski definition) is 3. The summed E-state index contributed by atoms with van der Waals surface area (Å²) in [6, 6.07) is 3.66. The van der Waals surface area contributed by atoms with Crippen LogP contribution < -0.4 is 5.32 Å². The Hall–Kier alpha value is -1.55. The molecule has 1 aliphatic rings. The molecule has 104 valence electrons. The maximum Gasteiger partial charge on any atom is 0.246 e. The fourth-order valence-electron chi connectivity index (χ4n) is 2.44. The molecule has 1 saturated heterocycles. The predicted molar refractivity (Wildman–Crippen MR) is 75.6 cm³/mol. The van der Waals surface area contributed by atoms with Crippen molar-refractivity contribution in [2.75, 3.05) is 26.7 Å². The summed E-state index contributed by atoms with van der Waals surface area (Å²) in [5, 5.41) is 3.18. The maximum atomic E-state index is 12.0. The minimum atomic E-state index is 0.0865. The average molecular weight is 262 g/mol. The molecule has 1 aromatic heterocycles. The third kappa shape index (κ3) is 4.24. The topological polar surface area (TPSA) is 45.5 Å². The van der Waals surface area contributed by atoms with Crippen molar-refractivity contribution in [1.29, 1.82) is 0 Å². The van der Waals surface area contributed by atoms with Crippen LogP contribution in [0.25, 0.3) is 6.08 Å². The Kier molecular flexibility index (Phi) is 5.21. The largest absolute Gasteiger partial charge is 0.465 e. The van der Waals surface area contributed by atoms with Gasteiger partial charge in [0.1, 0.15) is 5.76 Å². The molecule has 0 aliphatic carbocycles. The Morgan fingerprint density at radius 3 is 2.95 bits per heavy atom. The predicted octanol–water partition coefficient (Wildman–Crippen LogP) is 2.14. The van der Waals surface area contributed by atoms with Crippen LogP contribution in [-0.2, 0) is 4.79 Å². The molecule has 0 atom stereocenters. The van der Waals surface area contributed by atoms with Gasteiger partial charge in [-0.1, -0.05) is 0 Å². The van der Waals surface area contributed by atoms with Crippen molar-refractivity contribution >= 4 is 12.0 Å². The minimum Gasteiger partial charge on any atom is -0.465 e. The van der Waals surface area contributed by atoms with Crippen molar-refractivity contribution in [2.24, 2.45) is 5.92 Å². The summed E-state index contributed by atoms with van der Waals surface area (Å²) in [4.78, 5) is 13.9. The minimum absolute atomic E-state index is 0.0865. The van der Waals surface area contributed by atoms with Gasteiger partial charge in [0.25, 0.3) is 0 Å². The quantitative estimate of drug-likeness (QED) is 0.827. The third-order valence-corrected chi connectivity index (χ3v) is 3.66. The van der Waals surface area contributed by atoms with E-state index in [0.717, 1.165) is 44.2 Å². The van der Waals surface area contributed by atoms with Crippen LogP contribution in [0.4, 0.5) is 0 Å². The van der Waals surface area contributed by atoms with Gasteiger partial charge in [-0.15, -0.1) is 0 Å². The zero-order chi connectivity index (χ0) is 13.5. The number of rotatable bonds is 5. The van der Waals surface area contributed by atoms with E-state index in [-0.39, 0.29) is 5.91 Å². The zero-order valence-corrected chi connectivity index (χ0v) is 11.5. The van der Waals surface area contributed by atoms with Crippen LogP contribution in [0.2, 0.25) is 0 Å². The lowest BCUT2D eigenvalue weighted by Gasteiger charge is -2.31. The molecule has 2 heterocycles. The van der Waals surface area contributed by atoms with Crippen LogP contribution in [0.15, 0.2) is 28.9 Å². The summed E-state index contributed by atoms with van der Waals surface area (Å²) in [7, 11) is 1.98. The Balaban J connectivity index is 1.76. The number of furan rings is 1. The van der Waals surface area contributed by atoms with Crippen LogP contribution in [0.3, 0.4) is 0 Å². The highest BCUT2D eigenvalue weighted by molar-refractivity contribution is 5.91. The van der Waals surface area contributed by atoms with Gasteiger partial charge in [0.15, 0.2) is 0 Å². The number of piperidine rings is 1. The van der Waals surface area contributed by atoms with Gasteiger partial charge in [0, 0.05) is 19.2 Å². The number of amides is 1.